The highest BCUT2D eigenvalue weighted by Gasteiger charge is 2.25. The number of aromatic nitrogens is 1. The molecule has 1 aromatic heterocycles. The SMILES string of the molecule is CCC(C)(CCO)NC(=O)c1cc2ccccc2c(Cl)n1. The van der Waals surface area contributed by atoms with Gasteiger partial charge in [-0.1, -0.05) is 42.8 Å². The quantitative estimate of drug-likeness (QED) is 0.834. The van der Waals surface area contributed by atoms with Gasteiger partial charge in [-0.2, -0.15) is 0 Å². The van der Waals surface area contributed by atoms with Gasteiger partial charge in [-0.15, -0.1) is 0 Å². The lowest BCUT2D eigenvalue weighted by Gasteiger charge is -2.28. The van der Waals surface area contributed by atoms with Gasteiger partial charge in [0.05, 0.1) is 0 Å². The molecule has 0 saturated heterocycles. The molecular formula is C16H19ClN2O2. The molecule has 2 N–H and O–H groups in total. The largest absolute Gasteiger partial charge is 0.396 e. The molecular weight excluding hydrogens is 288 g/mol. The van der Waals surface area contributed by atoms with Crippen LogP contribution in [-0.4, -0.2) is 28.1 Å². The number of nitrogens with one attached hydrogen (secondary N) is 1. The Kier molecular flexibility index (Phi) is 4.80. The average Bonchev–Trinajstić information content (AvgIpc) is 2.47. The lowest BCUT2D eigenvalue weighted by Crippen LogP contribution is -2.46. The lowest BCUT2D eigenvalue weighted by molar-refractivity contribution is 0.0881. The highest BCUT2D eigenvalue weighted by Crippen LogP contribution is 2.23. The highest BCUT2D eigenvalue weighted by molar-refractivity contribution is 6.34. The average molecular weight is 307 g/mol. The third-order valence-corrected chi connectivity index (χ3v) is 4.07. The van der Waals surface area contributed by atoms with Gasteiger partial charge in [0.15, 0.2) is 0 Å². The van der Waals surface area contributed by atoms with Gasteiger partial charge < -0.3 is 10.4 Å². The summed E-state index contributed by atoms with van der Waals surface area (Å²) < 4.78 is 0. The van der Waals surface area contributed by atoms with Crippen molar-refractivity contribution in [3.05, 3.63) is 41.2 Å². The molecule has 2 aromatic rings. The Hall–Kier alpha value is -1.65. The van der Waals surface area contributed by atoms with Gasteiger partial charge in [-0.3, -0.25) is 4.79 Å². The number of nitrogens with zero attached hydrogens (tertiary/aromatic N) is 1. The topological polar surface area (TPSA) is 62.2 Å². The fourth-order valence-electron chi connectivity index (χ4n) is 2.19. The fourth-order valence-corrected chi connectivity index (χ4v) is 2.45. The van der Waals surface area contributed by atoms with E-state index in [4.69, 9.17) is 16.7 Å². The molecule has 0 saturated carbocycles. The predicted octanol–water partition coefficient (Wildman–Crippen LogP) is 3.17. The smallest absolute Gasteiger partial charge is 0.270 e. The summed E-state index contributed by atoms with van der Waals surface area (Å²) in [5.74, 6) is -0.277. The number of aliphatic hydroxyl groups excluding tert-OH is 1. The van der Waals surface area contributed by atoms with E-state index < -0.39 is 5.54 Å². The van der Waals surface area contributed by atoms with E-state index in [2.05, 4.69) is 10.3 Å². The second-order valence-electron chi connectivity index (χ2n) is 5.36. The maximum absolute atomic E-state index is 12.4. The molecule has 1 atom stereocenters. The molecule has 0 aliphatic rings. The minimum atomic E-state index is -0.453. The van der Waals surface area contributed by atoms with Crippen molar-refractivity contribution in [2.24, 2.45) is 0 Å². The first-order valence-electron chi connectivity index (χ1n) is 6.98. The van der Waals surface area contributed by atoms with Crippen molar-refractivity contribution in [1.29, 1.82) is 0 Å². The minimum Gasteiger partial charge on any atom is -0.396 e. The van der Waals surface area contributed by atoms with E-state index in [-0.39, 0.29) is 18.2 Å². The highest BCUT2D eigenvalue weighted by atomic mass is 35.5. The van der Waals surface area contributed by atoms with Crippen molar-refractivity contribution in [2.75, 3.05) is 6.61 Å². The molecule has 4 nitrogen and oxygen atoms in total. The standard InChI is InChI=1S/C16H19ClN2O2/c1-3-16(2,8-9-20)19-15(21)13-10-11-6-4-5-7-12(11)14(17)18-13/h4-7,10,20H,3,8-9H2,1-2H3,(H,19,21). The van der Waals surface area contributed by atoms with Crippen LogP contribution in [-0.2, 0) is 0 Å². The van der Waals surface area contributed by atoms with Gasteiger partial charge in [0.25, 0.3) is 5.91 Å². The summed E-state index contributed by atoms with van der Waals surface area (Å²) in [6.07, 6.45) is 1.22. The number of rotatable bonds is 5. The number of halogens is 1. The van der Waals surface area contributed by atoms with Crippen LogP contribution in [0.5, 0.6) is 0 Å². The Balaban J connectivity index is 2.31. The van der Waals surface area contributed by atoms with Crippen molar-refractivity contribution in [1.82, 2.24) is 10.3 Å². The molecule has 0 aliphatic heterocycles. The van der Waals surface area contributed by atoms with Crippen LogP contribution >= 0.6 is 11.6 Å². The number of pyridine rings is 1. The second kappa shape index (κ2) is 6.41. The number of benzene rings is 1. The lowest BCUT2D eigenvalue weighted by atomic mass is 9.94. The van der Waals surface area contributed by atoms with Gasteiger partial charge >= 0.3 is 0 Å². The van der Waals surface area contributed by atoms with Gasteiger partial charge in [0, 0.05) is 17.5 Å². The maximum atomic E-state index is 12.4. The van der Waals surface area contributed by atoms with E-state index in [9.17, 15) is 4.79 Å². The molecule has 5 heteroatoms. The van der Waals surface area contributed by atoms with Crippen molar-refractivity contribution < 1.29 is 9.90 Å². The van der Waals surface area contributed by atoms with Crippen LogP contribution in [0.2, 0.25) is 5.15 Å². The number of hydrogen-bond donors (Lipinski definition) is 2. The molecule has 0 fully saturated rings. The van der Waals surface area contributed by atoms with Gasteiger partial charge in [-0.25, -0.2) is 4.98 Å². The minimum absolute atomic E-state index is 0.0243. The van der Waals surface area contributed by atoms with Crippen molar-refractivity contribution in [2.45, 2.75) is 32.2 Å². The molecule has 0 radical (unpaired) electrons. The molecule has 1 heterocycles. The monoisotopic (exact) mass is 306 g/mol. The molecule has 1 amide bonds. The first kappa shape index (κ1) is 15.7. The van der Waals surface area contributed by atoms with E-state index in [1.807, 2.05) is 38.1 Å². The van der Waals surface area contributed by atoms with Crippen LogP contribution in [0, 0.1) is 0 Å². The zero-order valence-corrected chi connectivity index (χ0v) is 12.9. The molecule has 1 unspecified atom stereocenters. The van der Waals surface area contributed by atoms with Crippen LogP contribution in [0.4, 0.5) is 0 Å². The first-order valence-corrected chi connectivity index (χ1v) is 7.35. The summed E-state index contributed by atoms with van der Waals surface area (Å²) in [5.41, 5.74) is -0.164. The number of fused-ring (bicyclic) bond motifs is 1. The summed E-state index contributed by atoms with van der Waals surface area (Å²) >= 11 is 6.14. The molecule has 0 aliphatic carbocycles. The molecule has 1 aromatic carbocycles. The Morgan fingerprint density at radius 3 is 2.81 bits per heavy atom. The van der Waals surface area contributed by atoms with Gasteiger partial charge in [0.1, 0.15) is 10.8 Å². The Bertz CT molecular complexity index is 660. The Morgan fingerprint density at radius 2 is 2.14 bits per heavy atom. The van der Waals surface area contributed by atoms with Crippen LogP contribution in [0.15, 0.2) is 30.3 Å². The zero-order valence-electron chi connectivity index (χ0n) is 12.2. The van der Waals surface area contributed by atoms with Crippen LogP contribution in [0.1, 0.15) is 37.2 Å². The van der Waals surface area contributed by atoms with Crippen LogP contribution < -0.4 is 5.32 Å². The maximum Gasteiger partial charge on any atom is 0.270 e. The summed E-state index contributed by atoms with van der Waals surface area (Å²) in [6.45, 7) is 3.90. The molecule has 112 valence electrons. The van der Waals surface area contributed by atoms with Crippen LogP contribution in [0.25, 0.3) is 10.8 Å². The van der Waals surface area contributed by atoms with E-state index >= 15 is 0 Å². The summed E-state index contributed by atoms with van der Waals surface area (Å²) in [6, 6.07) is 9.26. The van der Waals surface area contributed by atoms with Crippen molar-refractivity contribution in [3.63, 3.8) is 0 Å². The molecule has 0 bridgehead atoms. The number of carbonyl (C=O) groups excluding carboxylic acids is 1. The number of amides is 1. The van der Waals surface area contributed by atoms with E-state index in [1.165, 1.54) is 0 Å². The molecule has 21 heavy (non-hydrogen) atoms. The van der Waals surface area contributed by atoms with E-state index in [0.29, 0.717) is 11.6 Å². The third-order valence-electron chi connectivity index (χ3n) is 3.79. The predicted molar refractivity (Wildman–Crippen MR) is 84.6 cm³/mol. The third kappa shape index (κ3) is 3.52. The summed E-state index contributed by atoms with van der Waals surface area (Å²) in [4.78, 5) is 16.5. The molecule has 2 rings (SSSR count). The summed E-state index contributed by atoms with van der Waals surface area (Å²) in [7, 11) is 0. The molecule has 0 spiro atoms. The number of carbonyl (C=O) groups is 1. The van der Waals surface area contributed by atoms with E-state index in [0.717, 1.165) is 17.2 Å². The van der Waals surface area contributed by atoms with Crippen molar-refractivity contribution >= 4 is 28.3 Å². The number of aliphatic hydroxyl groups is 1. The normalized spacial score (nSPS) is 13.9. The second-order valence-corrected chi connectivity index (χ2v) is 5.72. The van der Waals surface area contributed by atoms with Crippen LogP contribution in [0.3, 0.4) is 0 Å². The Labute approximate surface area is 129 Å². The van der Waals surface area contributed by atoms with E-state index in [1.54, 1.807) is 6.07 Å². The van der Waals surface area contributed by atoms with Gasteiger partial charge in [0.2, 0.25) is 0 Å². The summed E-state index contributed by atoms with van der Waals surface area (Å²) in [5, 5.41) is 14.1. The fraction of sp³-hybridized carbons (Fsp3) is 0.375. The zero-order chi connectivity index (χ0) is 15.5. The first-order chi connectivity index (χ1) is 9.99. The Morgan fingerprint density at radius 1 is 1.43 bits per heavy atom. The van der Waals surface area contributed by atoms with Crippen molar-refractivity contribution in [3.8, 4) is 0 Å². The number of hydrogen-bond acceptors (Lipinski definition) is 3. The van der Waals surface area contributed by atoms with Gasteiger partial charge in [-0.05, 0) is 31.2 Å².